The van der Waals surface area contributed by atoms with Gasteiger partial charge in [0.05, 0.1) is 11.9 Å². The molecule has 0 saturated heterocycles. The molecule has 6 nitrogen and oxygen atoms in total. The Morgan fingerprint density at radius 1 is 1.57 bits per heavy atom. The Hall–Kier alpha value is -1.85. The molecule has 1 aromatic heterocycles. The number of carbonyl (C=O) groups excluding carboxylic acids is 1. The van der Waals surface area contributed by atoms with Crippen LogP contribution in [0, 0.1) is 12.8 Å². The van der Waals surface area contributed by atoms with Crippen LogP contribution in [0.4, 0.5) is 5.82 Å². The van der Waals surface area contributed by atoms with E-state index in [2.05, 4.69) is 22.5 Å². The molecule has 1 aliphatic rings. The summed E-state index contributed by atoms with van der Waals surface area (Å²) >= 11 is 0. The van der Waals surface area contributed by atoms with Crippen LogP contribution < -0.4 is 5.32 Å². The molecule has 0 aromatic carbocycles. The van der Waals surface area contributed by atoms with Crippen LogP contribution in [0.3, 0.4) is 0 Å². The molecule has 2 heterocycles. The van der Waals surface area contributed by atoms with Gasteiger partial charge < -0.3 is 10.2 Å². The van der Waals surface area contributed by atoms with E-state index in [0.29, 0.717) is 12.3 Å². The number of aromatic nitrogens is 2. The van der Waals surface area contributed by atoms with Crippen molar-refractivity contribution >= 4 is 17.4 Å². The number of anilines is 1. The summed E-state index contributed by atoms with van der Waals surface area (Å²) in [5.41, 5.74) is 1.90. The third kappa shape index (κ3) is 3.62. The average molecular weight is 292 g/mol. The molecular weight excluding hydrogens is 268 g/mol. The number of aryl methyl sites for hydroxylation is 2. The second kappa shape index (κ2) is 6.74. The van der Waals surface area contributed by atoms with Gasteiger partial charge in [0, 0.05) is 18.5 Å². The number of amides is 1. The zero-order chi connectivity index (χ0) is 15.4. The number of hydrogen-bond acceptors (Lipinski definition) is 4. The number of nitrogens with zero attached hydrogens (tertiary/aromatic N) is 3. The summed E-state index contributed by atoms with van der Waals surface area (Å²) in [5.74, 6) is 0.908. The van der Waals surface area contributed by atoms with Crippen LogP contribution in [0.25, 0.3) is 0 Å². The highest BCUT2D eigenvalue weighted by Crippen LogP contribution is 2.20. The maximum absolute atomic E-state index is 12.3. The lowest BCUT2D eigenvalue weighted by Gasteiger charge is -2.12. The lowest BCUT2D eigenvalue weighted by Crippen LogP contribution is -2.29. The van der Waals surface area contributed by atoms with E-state index in [4.69, 9.17) is 4.84 Å². The topological polar surface area (TPSA) is 68.5 Å². The molecule has 0 saturated carbocycles. The standard InChI is InChI=1S/C15H24N4O2/c1-5-6-7-19-14(11(4)9-16-19)17-15(20)13-8-12(10(2)3)18-21-13/h9-10,13H,5-8H2,1-4H3,(H,17,20). The van der Waals surface area contributed by atoms with Crippen LogP contribution in [0.2, 0.25) is 0 Å². The number of carbonyl (C=O) groups is 1. The molecule has 1 unspecified atom stereocenters. The van der Waals surface area contributed by atoms with Gasteiger partial charge in [-0.05, 0) is 19.3 Å². The largest absolute Gasteiger partial charge is 0.382 e. The number of nitrogens with one attached hydrogen (secondary N) is 1. The molecule has 0 spiro atoms. The molecule has 1 amide bonds. The molecule has 0 fully saturated rings. The van der Waals surface area contributed by atoms with Gasteiger partial charge in [0.1, 0.15) is 5.82 Å². The monoisotopic (exact) mass is 292 g/mol. The van der Waals surface area contributed by atoms with Crippen molar-refractivity contribution in [1.82, 2.24) is 9.78 Å². The van der Waals surface area contributed by atoms with Gasteiger partial charge >= 0.3 is 0 Å². The molecule has 0 aliphatic carbocycles. The van der Waals surface area contributed by atoms with Gasteiger partial charge in [0.15, 0.2) is 0 Å². The number of hydrogen-bond donors (Lipinski definition) is 1. The highest BCUT2D eigenvalue weighted by atomic mass is 16.6. The number of rotatable bonds is 6. The lowest BCUT2D eigenvalue weighted by molar-refractivity contribution is -0.125. The summed E-state index contributed by atoms with van der Waals surface area (Å²) < 4.78 is 1.84. The van der Waals surface area contributed by atoms with Gasteiger partial charge in [-0.25, -0.2) is 4.68 Å². The van der Waals surface area contributed by atoms with E-state index in [9.17, 15) is 4.79 Å². The highest BCUT2D eigenvalue weighted by molar-refractivity contribution is 5.99. The normalized spacial score (nSPS) is 17.8. The molecule has 1 atom stereocenters. The van der Waals surface area contributed by atoms with Gasteiger partial charge in [-0.1, -0.05) is 32.3 Å². The van der Waals surface area contributed by atoms with Crippen LogP contribution in [-0.2, 0) is 16.2 Å². The minimum atomic E-state index is -0.531. The van der Waals surface area contributed by atoms with Gasteiger partial charge in [0.25, 0.3) is 5.91 Å². The predicted octanol–water partition coefficient (Wildman–Crippen LogP) is 2.73. The van der Waals surface area contributed by atoms with E-state index in [1.165, 1.54) is 0 Å². The Labute approximate surface area is 125 Å². The predicted molar refractivity (Wildman–Crippen MR) is 82.3 cm³/mol. The number of unbranched alkanes of at least 4 members (excludes halogenated alkanes) is 1. The van der Waals surface area contributed by atoms with Crippen molar-refractivity contribution in [2.45, 2.75) is 59.6 Å². The van der Waals surface area contributed by atoms with E-state index in [1.54, 1.807) is 6.20 Å². The van der Waals surface area contributed by atoms with Crippen molar-refractivity contribution in [2.24, 2.45) is 11.1 Å². The molecule has 2 rings (SSSR count). The zero-order valence-corrected chi connectivity index (χ0v) is 13.2. The van der Waals surface area contributed by atoms with Crippen molar-refractivity contribution in [1.29, 1.82) is 0 Å². The first kappa shape index (κ1) is 15.5. The smallest absolute Gasteiger partial charge is 0.269 e. The Kier molecular flexibility index (Phi) is 4.98. The van der Waals surface area contributed by atoms with E-state index in [0.717, 1.165) is 36.5 Å². The molecule has 0 bridgehead atoms. The molecule has 1 aliphatic heterocycles. The fourth-order valence-corrected chi connectivity index (χ4v) is 2.19. The fourth-order valence-electron chi connectivity index (χ4n) is 2.19. The van der Waals surface area contributed by atoms with Crippen molar-refractivity contribution < 1.29 is 9.63 Å². The van der Waals surface area contributed by atoms with Crippen LogP contribution in [0.5, 0.6) is 0 Å². The summed E-state index contributed by atoms with van der Waals surface area (Å²) in [6, 6.07) is 0. The van der Waals surface area contributed by atoms with Crippen LogP contribution in [0.1, 0.15) is 45.6 Å². The second-order valence-electron chi connectivity index (χ2n) is 5.78. The van der Waals surface area contributed by atoms with Crippen LogP contribution in [-0.4, -0.2) is 27.5 Å². The second-order valence-corrected chi connectivity index (χ2v) is 5.78. The first-order chi connectivity index (χ1) is 10.0. The molecule has 6 heteroatoms. The molecule has 1 N–H and O–H groups in total. The maximum Gasteiger partial charge on any atom is 0.269 e. The third-order valence-corrected chi connectivity index (χ3v) is 3.64. The van der Waals surface area contributed by atoms with E-state index in [-0.39, 0.29) is 5.91 Å². The molecule has 21 heavy (non-hydrogen) atoms. The van der Waals surface area contributed by atoms with Crippen LogP contribution >= 0.6 is 0 Å². The molecule has 116 valence electrons. The summed E-state index contributed by atoms with van der Waals surface area (Å²) in [6.45, 7) is 8.97. The summed E-state index contributed by atoms with van der Waals surface area (Å²) in [4.78, 5) is 17.6. The Bertz CT molecular complexity index is 534. The van der Waals surface area contributed by atoms with Crippen molar-refractivity contribution in [3.63, 3.8) is 0 Å². The molecule has 1 aromatic rings. The van der Waals surface area contributed by atoms with Crippen molar-refractivity contribution in [2.75, 3.05) is 5.32 Å². The summed E-state index contributed by atoms with van der Waals surface area (Å²) in [6.07, 6.45) is 3.92. The minimum absolute atomic E-state index is 0.157. The zero-order valence-electron chi connectivity index (χ0n) is 13.2. The summed E-state index contributed by atoms with van der Waals surface area (Å²) in [7, 11) is 0. The van der Waals surface area contributed by atoms with Gasteiger partial charge in [0.2, 0.25) is 6.10 Å². The number of oxime groups is 1. The first-order valence-electron chi connectivity index (χ1n) is 7.58. The third-order valence-electron chi connectivity index (χ3n) is 3.64. The molecular formula is C15H24N4O2. The Morgan fingerprint density at radius 3 is 2.95 bits per heavy atom. The average Bonchev–Trinajstić information content (AvgIpc) is 3.06. The first-order valence-corrected chi connectivity index (χ1v) is 7.58. The lowest BCUT2D eigenvalue weighted by atomic mass is 10.0. The van der Waals surface area contributed by atoms with Crippen molar-refractivity contribution in [3.05, 3.63) is 11.8 Å². The Morgan fingerprint density at radius 2 is 2.33 bits per heavy atom. The highest BCUT2D eigenvalue weighted by Gasteiger charge is 2.30. The van der Waals surface area contributed by atoms with E-state index in [1.807, 2.05) is 25.5 Å². The Balaban J connectivity index is 1.99. The minimum Gasteiger partial charge on any atom is -0.382 e. The SMILES string of the molecule is CCCCn1ncc(C)c1NC(=O)C1CC(C(C)C)=NO1. The van der Waals surface area contributed by atoms with Gasteiger partial charge in [-0.15, -0.1) is 0 Å². The quantitative estimate of drug-likeness (QED) is 0.876. The fraction of sp³-hybridized carbons (Fsp3) is 0.667. The van der Waals surface area contributed by atoms with E-state index >= 15 is 0 Å². The van der Waals surface area contributed by atoms with Gasteiger partial charge in [-0.3, -0.25) is 4.79 Å². The van der Waals surface area contributed by atoms with Gasteiger partial charge in [-0.2, -0.15) is 5.10 Å². The maximum atomic E-state index is 12.3. The van der Waals surface area contributed by atoms with Crippen molar-refractivity contribution in [3.8, 4) is 0 Å². The summed E-state index contributed by atoms with van der Waals surface area (Å²) in [5, 5.41) is 11.2. The van der Waals surface area contributed by atoms with E-state index < -0.39 is 6.10 Å². The molecule has 0 radical (unpaired) electrons. The van der Waals surface area contributed by atoms with Crippen LogP contribution in [0.15, 0.2) is 11.4 Å².